The minimum atomic E-state index is -1.10. The molecule has 0 aliphatic carbocycles. The van der Waals surface area contributed by atoms with Crippen LogP contribution in [0.5, 0.6) is 0 Å². The van der Waals surface area contributed by atoms with Crippen LogP contribution in [0.1, 0.15) is 39.2 Å². The quantitative estimate of drug-likeness (QED) is 0.605. The summed E-state index contributed by atoms with van der Waals surface area (Å²) in [6, 6.07) is 5.60. The monoisotopic (exact) mass is 354 g/mol. The van der Waals surface area contributed by atoms with Gasteiger partial charge in [-0.2, -0.15) is 0 Å². The van der Waals surface area contributed by atoms with Gasteiger partial charge in [0.15, 0.2) is 0 Å². The van der Waals surface area contributed by atoms with Gasteiger partial charge in [0, 0.05) is 16.7 Å². The molecule has 0 unspecified atom stereocenters. The van der Waals surface area contributed by atoms with Crippen molar-refractivity contribution >= 4 is 33.4 Å². The number of carbonyl (C=O) groups is 2. The Bertz CT molecular complexity index is 527. The summed E-state index contributed by atoms with van der Waals surface area (Å²) in [5, 5.41) is 5.64. The Kier molecular flexibility index (Phi) is 6.40. The highest BCUT2D eigenvalue weighted by Gasteiger charge is 2.35. The normalized spacial score (nSPS) is 11.1. The van der Waals surface area contributed by atoms with E-state index in [1.807, 2.05) is 25.1 Å². The number of unbranched alkanes of at least 4 members (excludes halogenated alkanes) is 1. The van der Waals surface area contributed by atoms with Gasteiger partial charge in [-0.15, -0.1) is 0 Å². The third-order valence-corrected chi connectivity index (χ3v) is 3.88. The average Bonchev–Trinajstić information content (AvgIpc) is 2.41. The highest BCUT2D eigenvalue weighted by Crippen LogP contribution is 2.23. The van der Waals surface area contributed by atoms with Crippen LogP contribution >= 0.6 is 15.9 Å². The number of aryl methyl sites for hydroxylation is 1. The zero-order valence-corrected chi connectivity index (χ0v) is 14.6. The Morgan fingerprint density at radius 1 is 1.24 bits per heavy atom. The lowest BCUT2D eigenvalue weighted by Crippen LogP contribution is -2.45. The van der Waals surface area contributed by atoms with E-state index in [-0.39, 0.29) is 11.8 Å². The molecule has 0 atom stereocenters. The summed E-state index contributed by atoms with van der Waals surface area (Å²) in [4.78, 5) is 24.5. The second kappa shape index (κ2) is 7.59. The minimum absolute atomic E-state index is 0.247. The molecule has 2 N–H and O–H groups in total. The lowest BCUT2D eigenvalue weighted by molar-refractivity contribution is -0.138. The van der Waals surface area contributed by atoms with Gasteiger partial charge in [-0.05, 0) is 51.0 Å². The number of benzene rings is 1. The van der Waals surface area contributed by atoms with Gasteiger partial charge in [-0.3, -0.25) is 9.59 Å². The van der Waals surface area contributed by atoms with Crippen LogP contribution in [0.3, 0.4) is 0 Å². The highest BCUT2D eigenvalue weighted by molar-refractivity contribution is 9.10. The van der Waals surface area contributed by atoms with E-state index in [0.29, 0.717) is 6.54 Å². The van der Waals surface area contributed by atoms with Crippen LogP contribution in [0.25, 0.3) is 0 Å². The summed E-state index contributed by atoms with van der Waals surface area (Å²) in [6.45, 7) is 7.84. The topological polar surface area (TPSA) is 58.2 Å². The van der Waals surface area contributed by atoms with E-state index in [1.54, 1.807) is 13.8 Å². The zero-order valence-electron chi connectivity index (χ0n) is 13.0. The summed E-state index contributed by atoms with van der Waals surface area (Å²) >= 11 is 3.38. The number of hydrogen-bond acceptors (Lipinski definition) is 2. The van der Waals surface area contributed by atoms with Gasteiger partial charge < -0.3 is 10.6 Å². The second-order valence-electron chi connectivity index (χ2n) is 5.65. The van der Waals surface area contributed by atoms with E-state index >= 15 is 0 Å². The maximum atomic E-state index is 12.4. The Balaban J connectivity index is 2.74. The molecule has 0 spiro atoms. The van der Waals surface area contributed by atoms with Gasteiger partial charge >= 0.3 is 0 Å². The SMILES string of the molecule is CCCCNC(=O)C(C)(C)C(=O)Nc1ccc(Br)cc1C. The predicted molar refractivity (Wildman–Crippen MR) is 89.2 cm³/mol. The predicted octanol–water partition coefficient (Wildman–Crippen LogP) is 3.64. The van der Waals surface area contributed by atoms with Crippen molar-refractivity contribution in [1.82, 2.24) is 5.32 Å². The maximum absolute atomic E-state index is 12.4. The number of hydrogen-bond donors (Lipinski definition) is 2. The summed E-state index contributed by atoms with van der Waals surface area (Å²) in [7, 11) is 0. The van der Waals surface area contributed by atoms with Gasteiger partial charge in [0.25, 0.3) is 0 Å². The fourth-order valence-electron chi connectivity index (χ4n) is 1.75. The largest absolute Gasteiger partial charge is 0.355 e. The van der Waals surface area contributed by atoms with E-state index < -0.39 is 5.41 Å². The molecule has 2 amide bonds. The molecule has 0 saturated carbocycles. The molecule has 116 valence electrons. The molecule has 0 radical (unpaired) electrons. The standard InChI is InChI=1S/C16H23BrN2O2/c1-5-6-9-18-14(20)16(3,4)15(21)19-13-8-7-12(17)10-11(13)2/h7-8,10H,5-6,9H2,1-4H3,(H,18,20)(H,19,21). The molecule has 4 nitrogen and oxygen atoms in total. The van der Waals surface area contributed by atoms with Crippen LogP contribution in [-0.2, 0) is 9.59 Å². The maximum Gasteiger partial charge on any atom is 0.239 e. The summed E-state index contributed by atoms with van der Waals surface area (Å²) < 4.78 is 0.953. The molecule has 0 heterocycles. The Morgan fingerprint density at radius 2 is 1.90 bits per heavy atom. The fourth-order valence-corrected chi connectivity index (χ4v) is 2.22. The van der Waals surface area contributed by atoms with Crippen LogP contribution in [-0.4, -0.2) is 18.4 Å². The highest BCUT2D eigenvalue weighted by atomic mass is 79.9. The van der Waals surface area contributed by atoms with Crippen molar-refractivity contribution in [3.63, 3.8) is 0 Å². The third kappa shape index (κ3) is 4.84. The van der Waals surface area contributed by atoms with E-state index in [4.69, 9.17) is 0 Å². The molecule has 0 aliphatic rings. The first-order valence-corrected chi connectivity index (χ1v) is 7.94. The Hall–Kier alpha value is -1.36. The van der Waals surface area contributed by atoms with E-state index in [9.17, 15) is 9.59 Å². The number of amides is 2. The summed E-state index contributed by atoms with van der Waals surface area (Å²) in [6.07, 6.45) is 1.92. The van der Waals surface area contributed by atoms with Crippen molar-refractivity contribution in [1.29, 1.82) is 0 Å². The second-order valence-corrected chi connectivity index (χ2v) is 6.56. The molecular formula is C16H23BrN2O2. The van der Waals surface area contributed by atoms with Crippen LogP contribution < -0.4 is 10.6 Å². The lowest BCUT2D eigenvalue weighted by Gasteiger charge is -2.23. The summed E-state index contributed by atoms with van der Waals surface area (Å²) in [5.74, 6) is -0.551. The zero-order chi connectivity index (χ0) is 16.0. The van der Waals surface area contributed by atoms with E-state index in [0.717, 1.165) is 28.6 Å². The van der Waals surface area contributed by atoms with Crippen LogP contribution in [0.4, 0.5) is 5.69 Å². The van der Waals surface area contributed by atoms with Gasteiger partial charge in [-0.1, -0.05) is 29.3 Å². The number of anilines is 1. The minimum Gasteiger partial charge on any atom is -0.355 e. The molecular weight excluding hydrogens is 332 g/mol. The van der Waals surface area contributed by atoms with Gasteiger partial charge in [-0.25, -0.2) is 0 Å². The first-order valence-electron chi connectivity index (χ1n) is 7.15. The average molecular weight is 355 g/mol. The molecule has 1 aromatic rings. The van der Waals surface area contributed by atoms with Crippen LogP contribution in [0.15, 0.2) is 22.7 Å². The fraction of sp³-hybridized carbons (Fsp3) is 0.500. The van der Waals surface area contributed by atoms with Crippen LogP contribution in [0.2, 0.25) is 0 Å². The van der Waals surface area contributed by atoms with Crippen molar-refractivity contribution in [3.8, 4) is 0 Å². The number of rotatable bonds is 6. The first-order chi connectivity index (χ1) is 9.78. The molecule has 0 saturated heterocycles. The molecule has 0 bridgehead atoms. The van der Waals surface area contributed by atoms with Gasteiger partial charge in [0.1, 0.15) is 5.41 Å². The molecule has 1 aromatic carbocycles. The van der Waals surface area contributed by atoms with Crippen molar-refractivity contribution in [2.75, 3.05) is 11.9 Å². The number of halogens is 1. The van der Waals surface area contributed by atoms with Gasteiger partial charge in [0.05, 0.1) is 0 Å². The molecule has 1 rings (SSSR count). The molecule has 21 heavy (non-hydrogen) atoms. The Labute approximate surface area is 134 Å². The molecule has 0 aromatic heterocycles. The Morgan fingerprint density at radius 3 is 2.48 bits per heavy atom. The molecule has 0 fully saturated rings. The van der Waals surface area contributed by atoms with Crippen molar-refractivity contribution < 1.29 is 9.59 Å². The number of nitrogens with one attached hydrogen (secondary N) is 2. The summed E-state index contributed by atoms with van der Waals surface area (Å²) in [5.41, 5.74) is 0.560. The molecule has 0 aliphatic heterocycles. The number of carbonyl (C=O) groups excluding carboxylic acids is 2. The van der Waals surface area contributed by atoms with Crippen molar-refractivity contribution in [2.45, 2.75) is 40.5 Å². The van der Waals surface area contributed by atoms with Crippen molar-refractivity contribution in [3.05, 3.63) is 28.2 Å². The molecule has 5 heteroatoms. The van der Waals surface area contributed by atoms with Gasteiger partial charge in [0.2, 0.25) is 11.8 Å². The first kappa shape index (κ1) is 17.7. The lowest BCUT2D eigenvalue weighted by atomic mass is 9.90. The third-order valence-electron chi connectivity index (χ3n) is 3.39. The van der Waals surface area contributed by atoms with Crippen molar-refractivity contribution in [2.24, 2.45) is 5.41 Å². The smallest absolute Gasteiger partial charge is 0.239 e. The van der Waals surface area contributed by atoms with E-state index in [2.05, 4.69) is 33.5 Å². The van der Waals surface area contributed by atoms with Crippen LogP contribution in [0, 0.1) is 12.3 Å². The van der Waals surface area contributed by atoms with E-state index in [1.165, 1.54) is 0 Å².